The highest BCUT2D eigenvalue weighted by Gasteiger charge is 2.39. The summed E-state index contributed by atoms with van der Waals surface area (Å²) in [6, 6.07) is 13.8. The van der Waals surface area contributed by atoms with Crippen molar-refractivity contribution in [1.82, 2.24) is 5.32 Å². The van der Waals surface area contributed by atoms with Crippen molar-refractivity contribution in [2.45, 2.75) is 65.0 Å². The number of ether oxygens (including phenoxy) is 1. The third kappa shape index (κ3) is 6.24. The number of Topliss-reactive ketones (excluding diaryl/α,β-unsaturated/α-hetero) is 1. The molecule has 1 unspecified atom stereocenters. The molecule has 2 aliphatic rings. The molecule has 1 fully saturated rings. The monoisotopic (exact) mass is 506 g/mol. The summed E-state index contributed by atoms with van der Waals surface area (Å²) in [7, 11) is 1.56. The zero-order chi connectivity index (χ0) is 26.6. The largest absolute Gasteiger partial charge is 0.497 e. The summed E-state index contributed by atoms with van der Waals surface area (Å²) in [5, 5.41) is 5.72. The molecule has 0 spiro atoms. The van der Waals surface area contributed by atoms with Gasteiger partial charge in [-0.25, -0.2) is 4.79 Å². The highest BCUT2D eigenvalue weighted by Crippen LogP contribution is 2.37. The van der Waals surface area contributed by atoms with Crippen LogP contribution in [-0.2, 0) is 9.59 Å². The molecule has 37 heavy (non-hydrogen) atoms. The SMILES string of the molecule is COc1cccc(NC(=O)NC2CN(C3CCCCC3)c3ccccc3N(CC(=O)C(C)(C)C)C2=O)c1. The fraction of sp³-hybridized carbons (Fsp3) is 0.483. The van der Waals surface area contributed by atoms with Crippen molar-refractivity contribution in [2.75, 3.05) is 35.3 Å². The van der Waals surface area contributed by atoms with E-state index in [1.807, 2.05) is 45.0 Å². The number of hydrogen-bond acceptors (Lipinski definition) is 5. The van der Waals surface area contributed by atoms with Crippen molar-refractivity contribution in [2.24, 2.45) is 5.41 Å². The maximum atomic E-state index is 14.0. The van der Waals surface area contributed by atoms with Crippen LogP contribution in [0.2, 0.25) is 0 Å². The number of nitrogens with zero attached hydrogens (tertiary/aromatic N) is 2. The van der Waals surface area contributed by atoms with Crippen LogP contribution in [0.5, 0.6) is 5.75 Å². The number of urea groups is 1. The van der Waals surface area contributed by atoms with Crippen molar-refractivity contribution >= 4 is 34.8 Å². The fourth-order valence-corrected chi connectivity index (χ4v) is 5.03. The molecule has 198 valence electrons. The van der Waals surface area contributed by atoms with E-state index in [1.54, 1.807) is 36.3 Å². The Balaban J connectivity index is 1.66. The first-order valence-corrected chi connectivity index (χ1v) is 13.1. The number of rotatable bonds is 6. The Morgan fingerprint density at radius 3 is 2.38 bits per heavy atom. The Morgan fingerprint density at radius 1 is 1.00 bits per heavy atom. The Bertz CT molecular complexity index is 1140. The second kappa shape index (κ2) is 11.2. The van der Waals surface area contributed by atoms with Gasteiger partial charge in [0, 0.05) is 29.8 Å². The van der Waals surface area contributed by atoms with Gasteiger partial charge < -0.3 is 25.2 Å². The normalized spacial score (nSPS) is 18.6. The van der Waals surface area contributed by atoms with E-state index >= 15 is 0 Å². The van der Waals surface area contributed by atoms with Crippen LogP contribution in [-0.4, -0.2) is 50.0 Å². The predicted octanol–water partition coefficient (Wildman–Crippen LogP) is 4.99. The zero-order valence-corrected chi connectivity index (χ0v) is 22.3. The highest BCUT2D eigenvalue weighted by molar-refractivity contribution is 6.08. The number of amides is 3. The lowest BCUT2D eigenvalue weighted by Gasteiger charge is -2.37. The molecule has 1 atom stereocenters. The lowest BCUT2D eigenvalue weighted by Crippen LogP contribution is -2.55. The van der Waals surface area contributed by atoms with Gasteiger partial charge in [-0.2, -0.15) is 0 Å². The predicted molar refractivity (Wildman–Crippen MR) is 146 cm³/mol. The molecule has 2 aromatic carbocycles. The maximum absolute atomic E-state index is 14.0. The minimum Gasteiger partial charge on any atom is -0.497 e. The van der Waals surface area contributed by atoms with Gasteiger partial charge in [0.25, 0.3) is 5.91 Å². The van der Waals surface area contributed by atoms with Crippen LogP contribution in [0.4, 0.5) is 21.9 Å². The van der Waals surface area contributed by atoms with E-state index in [4.69, 9.17) is 4.74 Å². The Morgan fingerprint density at radius 2 is 1.70 bits per heavy atom. The van der Waals surface area contributed by atoms with Gasteiger partial charge in [0.05, 0.1) is 25.0 Å². The van der Waals surface area contributed by atoms with Gasteiger partial charge in [-0.3, -0.25) is 9.59 Å². The van der Waals surface area contributed by atoms with Crippen LogP contribution in [0.25, 0.3) is 0 Å². The summed E-state index contributed by atoms with van der Waals surface area (Å²) in [5.74, 6) is 0.291. The molecule has 4 rings (SSSR count). The summed E-state index contributed by atoms with van der Waals surface area (Å²) in [4.78, 5) is 44.0. The number of anilines is 3. The molecule has 0 bridgehead atoms. The van der Waals surface area contributed by atoms with E-state index in [9.17, 15) is 14.4 Å². The molecule has 2 N–H and O–H groups in total. The molecule has 8 nitrogen and oxygen atoms in total. The van der Waals surface area contributed by atoms with Crippen LogP contribution in [0, 0.1) is 5.41 Å². The molecule has 1 aliphatic heterocycles. The zero-order valence-electron chi connectivity index (χ0n) is 22.3. The molecular formula is C29H38N4O4. The number of carbonyl (C=O) groups is 3. The van der Waals surface area contributed by atoms with E-state index in [-0.39, 0.29) is 24.3 Å². The molecule has 3 amide bonds. The van der Waals surface area contributed by atoms with E-state index in [2.05, 4.69) is 15.5 Å². The Kier molecular flexibility index (Phi) is 8.05. The number of para-hydroxylation sites is 2. The van der Waals surface area contributed by atoms with Crippen molar-refractivity contribution in [3.63, 3.8) is 0 Å². The topological polar surface area (TPSA) is 91.0 Å². The van der Waals surface area contributed by atoms with Gasteiger partial charge in [-0.15, -0.1) is 0 Å². The number of hydrogen-bond donors (Lipinski definition) is 2. The standard InChI is InChI=1S/C29H38N4O4/c1-29(2,3)26(34)19-33-25-16-9-8-15-24(25)32(21-12-6-5-7-13-21)18-23(27(33)35)31-28(36)30-20-11-10-14-22(17-20)37-4/h8-11,14-17,21,23H,5-7,12-13,18-19H2,1-4H3,(H2,30,31,36). The minimum absolute atomic E-state index is 0.0404. The fourth-order valence-electron chi connectivity index (χ4n) is 5.03. The molecule has 0 aromatic heterocycles. The third-order valence-electron chi connectivity index (χ3n) is 7.21. The van der Waals surface area contributed by atoms with Crippen molar-refractivity contribution < 1.29 is 19.1 Å². The van der Waals surface area contributed by atoms with Crippen LogP contribution < -0.4 is 25.2 Å². The number of fused-ring (bicyclic) bond motifs is 1. The summed E-state index contributed by atoms with van der Waals surface area (Å²) < 4.78 is 5.24. The summed E-state index contributed by atoms with van der Waals surface area (Å²) in [6.45, 7) is 5.86. The lowest BCUT2D eigenvalue weighted by atomic mass is 9.90. The van der Waals surface area contributed by atoms with Gasteiger partial charge in [0.2, 0.25) is 0 Å². The second-order valence-electron chi connectivity index (χ2n) is 10.9. The molecule has 2 aromatic rings. The number of nitrogens with one attached hydrogen (secondary N) is 2. The number of carbonyl (C=O) groups excluding carboxylic acids is 3. The van der Waals surface area contributed by atoms with Crippen LogP contribution in [0.3, 0.4) is 0 Å². The average Bonchev–Trinajstić information content (AvgIpc) is 2.99. The van der Waals surface area contributed by atoms with Crippen molar-refractivity contribution in [3.8, 4) is 5.75 Å². The van der Waals surface area contributed by atoms with Gasteiger partial charge in [-0.1, -0.05) is 58.2 Å². The smallest absolute Gasteiger partial charge is 0.319 e. The van der Waals surface area contributed by atoms with Crippen molar-refractivity contribution in [3.05, 3.63) is 48.5 Å². The van der Waals surface area contributed by atoms with E-state index in [1.165, 1.54) is 6.42 Å². The molecule has 1 aliphatic carbocycles. The molecule has 8 heteroatoms. The van der Waals surface area contributed by atoms with Crippen LogP contribution >= 0.6 is 0 Å². The first-order valence-electron chi connectivity index (χ1n) is 13.1. The number of benzene rings is 2. The summed E-state index contributed by atoms with van der Waals surface area (Å²) >= 11 is 0. The summed E-state index contributed by atoms with van der Waals surface area (Å²) in [6.07, 6.45) is 5.55. The maximum Gasteiger partial charge on any atom is 0.319 e. The highest BCUT2D eigenvalue weighted by atomic mass is 16.5. The molecular weight excluding hydrogens is 468 g/mol. The van der Waals surface area contributed by atoms with Crippen molar-refractivity contribution in [1.29, 1.82) is 0 Å². The molecule has 0 radical (unpaired) electrons. The summed E-state index contributed by atoms with van der Waals surface area (Å²) in [5.41, 5.74) is 1.61. The van der Waals surface area contributed by atoms with Gasteiger partial charge in [0.15, 0.2) is 5.78 Å². The Labute approximate surface area is 219 Å². The third-order valence-corrected chi connectivity index (χ3v) is 7.21. The first kappa shape index (κ1) is 26.5. The van der Waals surface area contributed by atoms with Gasteiger partial charge >= 0.3 is 6.03 Å². The van der Waals surface area contributed by atoms with Crippen LogP contribution in [0.1, 0.15) is 52.9 Å². The van der Waals surface area contributed by atoms with E-state index < -0.39 is 17.5 Å². The molecule has 1 saturated carbocycles. The minimum atomic E-state index is -0.826. The van der Waals surface area contributed by atoms with E-state index in [0.717, 1.165) is 31.4 Å². The van der Waals surface area contributed by atoms with Gasteiger partial charge in [-0.05, 0) is 37.1 Å². The molecule has 0 saturated heterocycles. The number of methoxy groups -OCH3 is 1. The first-order chi connectivity index (χ1) is 17.7. The van der Waals surface area contributed by atoms with Gasteiger partial charge in [0.1, 0.15) is 11.8 Å². The lowest BCUT2D eigenvalue weighted by molar-refractivity contribution is -0.127. The quantitative estimate of drug-likeness (QED) is 0.576. The Hall–Kier alpha value is -3.55. The number of ketones is 1. The second-order valence-corrected chi connectivity index (χ2v) is 10.9. The van der Waals surface area contributed by atoms with E-state index in [0.29, 0.717) is 23.7 Å². The average molecular weight is 507 g/mol. The molecule has 1 heterocycles. The van der Waals surface area contributed by atoms with Crippen LogP contribution in [0.15, 0.2) is 48.5 Å².